The third-order valence-corrected chi connectivity index (χ3v) is 0.201. The number of primary amides is 1. The van der Waals surface area contributed by atoms with Crippen molar-refractivity contribution in [1.82, 2.24) is 0 Å². The summed E-state index contributed by atoms with van der Waals surface area (Å²) < 4.78 is 0. The van der Waals surface area contributed by atoms with Crippen LogP contribution < -0.4 is 5.73 Å². The van der Waals surface area contributed by atoms with Gasteiger partial charge in [-0.15, -0.1) is 0 Å². The molecule has 0 aliphatic rings. The molecule has 0 aromatic rings. The van der Waals surface area contributed by atoms with Gasteiger partial charge >= 0.3 is 31.0 Å². The van der Waals surface area contributed by atoms with Crippen molar-refractivity contribution in [1.29, 1.82) is 0 Å². The van der Waals surface area contributed by atoms with Crippen molar-refractivity contribution in [3.05, 3.63) is 12.7 Å². The molecule has 0 spiro atoms. The van der Waals surface area contributed by atoms with Crippen molar-refractivity contribution < 1.29 is 4.79 Å². The van der Waals surface area contributed by atoms with E-state index in [0.29, 0.717) is 0 Å². The van der Waals surface area contributed by atoms with E-state index >= 15 is 0 Å². The van der Waals surface area contributed by atoms with E-state index in [1.165, 1.54) is 0 Å². The van der Waals surface area contributed by atoms with E-state index < -0.39 is 5.91 Å². The van der Waals surface area contributed by atoms with Crippen LogP contribution in [-0.2, 0) is 4.79 Å². The quantitative estimate of drug-likeness (QED) is 0.505. The molecule has 0 atom stereocenters. The summed E-state index contributed by atoms with van der Waals surface area (Å²) in [7, 11) is 0. The van der Waals surface area contributed by atoms with Gasteiger partial charge in [0.2, 0.25) is 5.91 Å². The number of carbonyl (C=O) groups is 1. The van der Waals surface area contributed by atoms with Crippen LogP contribution in [-0.4, -0.2) is 27.0 Å². The number of hydrogen-bond donors (Lipinski definition) is 1. The van der Waals surface area contributed by atoms with E-state index in [1.807, 2.05) is 0 Å². The molecule has 0 aliphatic carbocycles. The van der Waals surface area contributed by atoms with Crippen molar-refractivity contribution in [2.24, 2.45) is 5.73 Å². The molecular weight excluding hydrogens is 209 g/mol. The second kappa shape index (κ2) is 10.1. The third-order valence-electron chi connectivity index (χ3n) is 0.201. The fourth-order valence-electron chi connectivity index (χ4n) is 0. The first-order valence-corrected chi connectivity index (χ1v) is 7.90. The first kappa shape index (κ1) is 10.9. The fraction of sp³-hybridized carbons (Fsp3) is 0.400. The number of rotatable bonds is 1. The molecule has 46 valence electrons. The normalized spacial score (nSPS) is 6.25. The summed E-state index contributed by atoms with van der Waals surface area (Å²) in [5.41, 5.74) is 4.53. The monoisotopic (exact) mass is 221 g/mol. The summed E-state index contributed by atoms with van der Waals surface area (Å²) in [6.45, 7) is 3.09. The van der Waals surface area contributed by atoms with E-state index in [4.69, 9.17) is 0 Å². The summed E-state index contributed by atoms with van der Waals surface area (Å²) in [6, 6.07) is 0. The molecular formula is C5H11NOSn. The first-order valence-electron chi connectivity index (χ1n) is 2.19. The van der Waals surface area contributed by atoms with Crippen molar-refractivity contribution in [3.8, 4) is 0 Å². The third kappa shape index (κ3) is 37.4. The molecule has 1 amide bonds. The van der Waals surface area contributed by atoms with Crippen LogP contribution in [0, 0.1) is 0 Å². The summed E-state index contributed by atoms with van der Waals surface area (Å²) >= 11 is 0.230. The molecule has 0 fully saturated rings. The molecule has 0 aromatic carbocycles. The Bertz CT molecular complexity index is 72.8. The van der Waals surface area contributed by atoms with Crippen molar-refractivity contribution >= 4 is 27.0 Å². The van der Waals surface area contributed by atoms with E-state index in [9.17, 15) is 4.79 Å². The Labute approximate surface area is 60.4 Å². The van der Waals surface area contributed by atoms with Crippen LogP contribution in [0.15, 0.2) is 12.7 Å². The maximum atomic E-state index is 9.47. The minimum atomic E-state index is -0.481. The van der Waals surface area contributed by atoms with Crippen LogP contribution in [0.5, 0.6) is 0 Å². The number of hydrogen-bond acceptors (Lipinski definition) is 1. The Morgan fingerprint density at radius 3 is 1.88 bits per heavy atom. The van der Waals surface area contributed by atoms with Crippen molar-refractivity contribution in [3.63, 3.8) is 0 Å². The molecule has 0 rings (SSSR count). The van der Waals surface area contributed by atoms with Crippen molar-refractivity contribution in [2.75, 3.05) is 0 Å². The summed E-state index contributed by atoms with van der Waals surface area (Å²) in [6.07, 6.45) is 1.06. The molecule has 0 saturated heterocycles. The van der Waals surface area contributed by atoms with Gasteiger partial charge in [-0.3, -0.25) is 4.79 Å². The average molecular weight is 220 g/mol. The van der Waals surface area contributed by atoms with Gasteiger partial charge in [0, 0.05) is 0 Å². The Morgan fingerprint density at radius 1 is 1.75 bits per heavy atom. The van der Waals surface area contributed by atoms with Gasteiger partial charge in [-0.1, -0.05) is 6.58 Å². The maximum absolute atomic E-state index is 9.47. The standard InChI is InChI=1S/C3H5NO.2CH3.Sn/c1-2-3(4)5;;;/h2H,1H2,(H2,4,5);2*1H3;. The molecule has 0 heterocycles. The number of carbonyl (C=O) groups excluding carboxylic acids is 1. The topological polar surface area (TPSA) is 43.1 Å². The van der Waals surface area contributed by atoms with Gasteiger partial charge in [0.05, 0.1) is 0 Å². The van der Waals surface area contributed by atoms with E-state index in [2.05, 4.69) is 22.2 Å². The van der Waals surface area contributed by atoms with Gasteiger partial charge in [0.25, 0.3) is 0 Å². The molecule has 2 radical (unpaired) electrons. The zero-order chi connectivity index (χ0) is 6.99. The van der Waals surface area contributed by atoms with Crippen LogP contribution in [0.3, 0.4) is 0 Å². The summed E-state index contributed by atoms with van der Waals surface area (Å²) in [4.78, 5) is 14.1. The van der Waals surface area contributed by atoms with Crippen LogP contribution in [0.4, 0.5) is 0 Å². The van der Waals surface area contributed by atoms with Crippen LogP contribution in [0.25, 0.3) is 0 Å². The first-order chi connectivity index (χ1) is 3.68. The molecule has 2 nitrogen and oxygen atoms in total. The van der Waals surface area contributed by atoms with Crippen molar-refractivity contribution in [2.45, 2.75) is 9.88 Å². The average Bonchev–Trinajstić information content (AvgIpc) is 1.69. The van der Waals surface area contributed by atoms with Gasteiger partial charge in [-0.05, 0) is 6.08 Å². The Balaban J connectivity index is 0. The molecule has 0 aromatic heterocycles. The molecule has 0 saturated carbocycles. The van der Waals surface area contributed by atoms with Crippen LogP contribution in [0.2, 0.25) is 9.88 Å². The zero-order valence-electron chi connectivity index (χ0n) is 5.27. The van der Waals surface area contributed by atoms with Gasteiger partial charge in [0.1, 0.15) is 0 Å². The zero-order valence-corrected chi connectivity index (χ0v) is 8.12. The molecule has 0 bridgehead atoms. The SMILES string of the molecule is C=CC(N)=O.[CH3][Sn][CH3]. The van der Waals surface area contributed by atoms with Crippen LogP contribution in [0.1, 0.15) is 0 Å². The molecule has 0 unspecified atom stereocenters. The Kier molecular flexibility index (Phi) is 13.7. The van der Waals surface area contributed by atoms with E-state index in [1.54, 1.807) is 0 Å². The minimum absolute atomic E-state index is 0.230. The van der Waals surface area contributed by atoms with Gasteiger partial charge in [-0.25, -0.2) is 0 Å². The predicted octanol–water partition coefficient (Wildman–Crippen LogP) is 0.444. The second-order valence-electron chi connectivity index (χ2n) is 1.11. The predicted molar refractivity (Wildman–Crippen MR) is 36.9 cm³/mol. The van der Waals surface area contributed by atoms with Gasteiger partial charge in [0.15, 0.2) is 0 Å². The summed E-state index contributed by atoms with van der Waals surface area (Å²) in [5.74, 6) is -0.481. The van der Waals surface area contributed by atoms with Crippen LogP contribution >= 0.6 is 0 Å². The van der Waals surface area contributed by atoms with E-state index in [0.717, 1.165) is 6.08 Å². The molecule has 8 heavy (non-hydrogen) atoms. The molecule has 3 heteroatoms. The Morgan fingerprint density at radius 2 is 1.88 bits per heavy atom. The van der Waals surface area contributed by atoms with Gasteiger partial charge < -0.3 is 5.73 Å². The Hall–Kier alpha value is 0.00870. The molecule has 2 N–H and O–H groups in total. The fourth-order valence-corrected chi connectivity index (χ4v) is 0. The van der Waals surface area contributed by atoms with E-state index in [-0.39, 0.29) is 21.1 Å². The second-order valence-corrected chi connectivity index (χ2v) is 3.96. The summed E-state index contributed by atoms with van der Waals surface area (Å²) in [5, 5.41) is 0. The molecule has 0 aliphatic heterocycles. The number of nitrogens with two attached hydrogens (primary N) is 1. The number of amides is 1. The van der Waals surface area contributed by atoms with Gasteiger partial charge in [-0.2, -0.15) is 0 Å².